The standard InChI is InChI=1S/C39H33N7OS/c1-3-11-35-41-36-25(2)20-29(39-40-33-17-10-14-28(37(33)48-39)24-47-30-15-8-5-9-16-30)22-34(36)46(35)23-26-18-19-31(27-12-6-4-7-13-27)32(21-26)38-42-44-45-43-38/h4-10,12-22H,3,11,23-24H2,1-2H3,(H,42,43,44,45). The smallest absolute Gasteiger partial charge is 0.205 e. The summed E-state index contributed by atoms with van der Waals surface area (Å²) < 4.78 is 9.62. The number of thiazole rings is 1. The van der Waals surface area contributed by atoms with Gasteiger partial charge < -0.3 is 9.30 Å². The van der Waals surface area contributed by atoms with Crippen LogP contribution in [0.25, 0.3) is 54.3 Å². The molecule has 5 aromatic carbocycles. The van der Waals surface area contributed by atoms with Crippen molar-refractivity contribution in [2.24, 2.45) is 0 Å². The number of nitrogens with zero attached hydrogens (tertiary/aromatic N) is 6. The lowest BCUT2D eigenvalue weighted by atomic mass is 9.97. The second-order valence-electron chi connectivity index (χ2n) is 11.9. The van der Waals surface area contributed by atoms with Gasteiger partial charge in [-0.2, -0.15) is 5.21 Å². The molecule has 48 heavy (non-hydrogen) atoms. The molecular formula is C39H33N7OS. The van der Waals surface area contributed by atoms with Crippen molar-refractivity contribution in [3.05, 3.63) is 132 Å². The monoisotopic (exact) mass is 647 g/mol. The zero-order valence-electron chi connectivity index (χ0n) is 26.7. The molecule has 8 nitrogen and oxygen atoms in total. The van der Waals surface area contributed by atoms with Crippen molar-refractivity contribution in [2.75, 3.05) is 0 Å². The van der Waals surface area contributed by atoms with Crippen molar-refractivity contribution in [3.8, 4) is 38.8 Å². The molecule has 1 N–H and O–H groups in total. The molecule has 0 bridgehead atoms. The van der Waals surface area contributed by atoms with Crippen LogP contribution in [0.3, 0.4) is 0 Å². The van der Waals surface area contributed by atoms with Crippen LogP contribution in [0.1, 0.15) is 35.9 Å². The van der Waals surface area contributed by atoms with Crippen LogP contribution in [0.5, 0.6) is 5.75 Å². The van der Waals surface area contributed by atoms with E-state index in [1.165, 1.54) is 0 Å². The van der Waals surface area contributed by atoms with E-state index < -0.39 is 0 Å². The first kappa shape index (κ1) is 29.7. The average molecular weight is 648 g/mol. The Balaban J connectivity index is 1.18. The van der Waals surface area contributed by atoms with E-state index in [2.05, 4.69) is 99.7 Å². The summed E-state index contributed by atoms with van der Waals surface area (Å²) in [4.78, 5) is 10.3. The van der Waals surface area contributed by atoms with E-state index in [4.69, 9.17) is 14.7 Å². The SMILES string of the molecule is CCCc1nc2c(C)cc(-c3nc4cccc(COc5ccccc5)c4s3)cc2n1Cc1ccc(-c2ccccc2)c(-c2nn[nH]n2)c1. The summed E-state index contributed by atoms with van der Waals surface area (Å²) in [5.41, 5.74) is 10.7. The van der Waals surface area contributed by atoms with E-state index in [9.17, 15) is 0 Å². The molecule has 0 atom stereocenters. The number of tetrazole rings is 1. The van der Waals surface area contributed by atoms with Crippen LogP contribution in [-0.2, 0) is 19.6 Å². The van der Waals surface area contributed by atoms with Crippen molar-refractivity contribution < 1.29 is 4.74 Å². The molecule has 236 valence electrons. The average Bonchev–Trinajstić information content (AvgIpc) is 3.89. The van der Waals surface area contributed by atoms with Crippen LogP contribution in [0, 0.1) is 6.92 Å². The quantitative estimate of drug-likeness (QED) is 0.159. The fourth-order valence-corrected chi connectivity index (χ4v) is 7.33. The fraction of sp³-hybridized carbons (Fsp3) is 0.154. The summed E-state index contributed by atoms with van der Waals surface area (Å²) in [6.07, 6.45) is 1.89. The maximum atomic E-state index is 6.11. The molecule has 0 amide bonds. The van der Waals surface area contributed by atoms with E-state index in [1.54, 1.807) is 11.3 Å². The number of rotatable bonds is 10. The van der Waals surface area contributed by atoms with Gasteiger partial charge in [-0.25, -0.2) is 9.97 Å². The Hall–Kier alpha value is -5.67. The number of benzene rings is 5. The van der Waals surface area contributed by atoms with Crippen molar-refractivity contribution in [2.45, 2.75) is 39.8 Å². The van der Waals surface area contributed by atoms with Gasteiger partial charge in [0.15, 0.2) is 0 Å². The Kier molecular flexibility index (Phi) is 7.95. The summed E-state index contributed by atoms with van der Waals surface area (Å²) >= 11 is 1.71. The van der Waals surface area contributed by atoms with Crippen LogP contribution < -0.4 is 4.74 Å². The van der Waals surface area contributed by atoms with E-state index in [-0.39, 0.29) is 0 Å². The number of aromatic amines is 1. The molecule has 0 saturated carbocycles. The number of para-hydroxylation sites is 1. The Morgan fingerprint density at radius 3 is 2.44 bits per heavy atom. The Labute approximate surface area is 282 Å². The van der Waals surface area contributed by atoms with Gasteiger partial charge in [-0.1, -0.05) is 79.7 Å². The molecule has 0 unspecified atom stereocenters. The molecule has 0 radical (unpaired) electrons. The van der Waals surface area contributed by atoms with Gasteiger partial charge in [-0.15, -0.1) is 21.5 Å². The van der Waals surface area contributed by atoms with Crippen molar-refractivity contribution in [1.29, 1.82) is 0 Å². The molecule has 0 aliphatic carbocycles. The molecule has 0 saturated heterocycles. The molecule has 8 aromatic rings. The lowest BCUT2D eigenvalue weighted by Crippen LogP contribution is -2.06. The van der Waals surface area contributed by atoms with E-state index >= 15 is 0 Å². The van der Waals surface area contributed by atoms with Gasteiger partial charge in [0, 0.05) is 29.7 Å². The third kappa shape index (κ3) is 5.73. The first-order chi connectivity index (χ1) is 23.6. The molecule has 3 heterocycles. The highest BCUT2D eigenvalue weighted by atomic mass is 32.1. The molecule has 8 rings (SSSR count). The van der Waals surface area contributed by atoms with Crippen LogP contribution in [0.4, 0.5) is 0 Å². The normalized spacial score (nSPS) is 11.5. The zero-order valence-corrected chi connectivity index (χ0v) is 27.5. The minimum absolute atomic E-state index is 0.489. The summed E-state index contributed by atoms with van der Waals surface area (Å²) in [6, 6.07) is 37.5. The highest BCUT2D eigenvalue weighted by Crippen LogP contribution is 2.36. The van der Waals surface area contributed by atoms with Gasteiger partial charge in [0.1, 0.15) is 23.2 Å². The summed E-state index contributed by atoms with van der Waals surface area (Å²) in [5, 5.41) is 16.1. The second kappa shape index (κ2) is 12.8. The van der Waals surface area contributed by atoms with Crippen LogP contribution in [0.15, 0.2) is 109 Å². The molecule has 0 aliphatic heterocycles. The summed E-state index contributed by atoms with van der Waals surface area (Å²) in [6.45, 7) is 5.50. The lowest BCUT2D eigenvalue weighted by molar-refractivity contribution is 0.308. The van der Waals surface area contributed by atoms with Crippen LogP contribution in [0.2, 0.25) is 0 Å². The Morgan fingerprint density at radius 2 is 1.65 bits per heavy atom. The lowest BCUT2D eigenvalue weighted by Gasteiger charge is -2.13. The number of aryl methyl sites for hydroxylation is 2. The topological polar surface area (TPSA) is 94.4 Å². The van der Waals surface area contributed by atoms with Crippen LogP contribution >= 0.6 is 11.3 Å². The van der Waals surface area contributed by atoms with Crippen molar-refractivity contribution >= 4 is 32.6 Å². The van der Waals surface area contributed by atoms with Gasteiger partial charge in [-0.3, -0.25) is 0 Å². The van der Waals surface area contributed by atoms with E-state index in [1.807, 2.05) is 48.5 Å². The summed E-state index contributed by atoms with van der Waals surface area (Å²) in [5.74, 6) is 2.50. The van der Waals surface area contributed by atoms with Gasteiger partial charge in [0.25, 0.3) is 0 Å². The first-order valence-corrected chi connectivity index (χ1v) is 16.9. The Morgan fingerprint density at radius 1 is 0.812 bits per heavy atom. The maximum absolute atomic E-state index is 6.11. The minimum atomic E-state index is 0.489. The number of hydrogen-bond donors (Lipinski definition) is 1. The third-order valence-electron chi connectivity index (χ3n) is 8.57. The fourth-order valence-electron chi connectivity index (χ4n) is 6.28. The molecule has 0 spiro atoms. The number of fused-ring (bicyclic) bond motifs is 2. The Bertz CT molecular complexity index is 2350. The van der Waals surface area contributed by atoms with Crippen molar-refractivity contribution in [1.82, 2.24) is 35.2 Å². The van der Waals surface area contributed by atoms with Gasteiger partial charge >= 0.3 is 0 Å². The van der Waals surface area contributed by atoms with E-state index in [0.717, 1.165) is 89.6 Å². The minimum Gasteiger partial charge on any atom is -0.489 e. The molecule has 3 aromatic heterocycles. The van der Waals surface area contributed by atoms with E-state index in [0.29, 0.717) is 19.0 Å². The van der Waals surface area contributed by atoms with Gasteiger partial charge in [0.2, 0.25) is 5.82 Å². The van der Waals surface area contributed by atoms with Crippen LogP contribution in [-0.4, -0.2) is 35.2 Å². The number of nitrogens with one attached hydrogen (secondary N) is 1. The predicted octanol–water partition coefficient (Wildman–Crippen LogP) is 9.05. The van der Waals surface area contributed by atoms with Crippen molar-refractivity contribution in [3.63, 3.8) is 0 Å². The highest BCUT2D eigenvalue weighted by molar-refractivity contribution is 7.21. The largest absolute Gasteiger partial charge is 0.489 e. The predicted molar refractivity (Wildman–Crippen MR) is 192 cm³/mol. The zero-order chi connectivity index (χ0) is 32.5. The summed E-state index contributed by atoms with van der Waals surface area (Å²) in [7, 11) is 0. The molecule has 0 aliphatic rings. The first-order valence-electron chi connectivity index (χ1n) is 16.1. The number of H-pyrrole nitrogens is 1. The number of hydrogen-bond acceptors (Lipinski definition) is 7. The number of aromatic nitrogens is 7. The molecular weight excluding hydrogens is 615 g/mol. The second-order valence-corrected chi connectivity index (χ2v) is 12.9. The molecule has 0 fully saturated rings. The van der Waals surface area contributed by atoms with Gasteiger partial charge in [-0.05, 0) is 77.2 Å². The third-order valence-corrected chi connectivity index (χ3v) is 9.77. The maximum Gasteiger partial charge on any atom is 0.205 e. The number of imidazole rings is 1. The van der Waals surface area contributed by atoms with Gasteiger partial charge in [0.05, 0.1) is 21.3 Å². The molecule has 9 heteroatoms. The highest BCUT2D eigenvalue weighted by Gasteiger charge is 2.19. The number of ether oxygens (including phenoxy) is 1.